The van der Waals surface area contributed by atoms with Crippen LogP contribution in [0, 0.1) is 5.92 Å². The molecule has 82 valence electrons. The normalized spacial score (nSPS) is 23.8. The molecule has 0 saturated heterocycles. The molecule has 2 N–H and O–H groups in total. The van der Waals surface area contributed by atoms with Crippen molar-refractivity contribution in [2.75, 3.05) is 19.8 Å². The van der Waals surface area contributed by atoms with E-state index < -0.39 is 0 Å². The predicted octanol–water partition coefficient (Wildman–Crippen LogP) is 0.916. The van der Waals surface area contributed by atoms with E-state index in [2.05, 4.69) is 5.32 Å². The Kier molecular flexibility index (Phi) is 3.79. The fourth-order valence-corrected chi connectivity index (χ4v) is 1.57. The number of rotatable bonds is 8. The summed E-state index contributed by atoms with van der Waals surface area (Å²) in [5, 5.41) is 12.5. The van der Waals surface area contributed by atoms with E-state index in [1.54, 1.807) is 0 Å². The van der Waals surface area contributed by atoms with Crippen LogP contribution in [0.15, 0.2) is 0 Å². The summed E-state index contributed by atoms with van der Waals surface area (Å²) in [6.45, 7) is 1.96. The van der Waals surface area contributed by atoms with E-state index in [9.17, 15) is 0 Å². The third kappa shape index (κ3) is 3.95. The fraction of sp³-hybridized carbons (Fsp3) is 1.00. The lowest BCUT2D eigenvalue weighted by Crippen LogP contribution is -2.35. The van der Waals surface area contributed by atoms with Crippen LogP contribution >= 0.6 is 0 Å². The van der Waals surface area contributed by atoms with Crippen LogP contribution in [0.1, 0.15) is 32.1 Å². The van der Waals surface area contributed by atoms with E-state index in [1.165, 1.54) is 25.7 Å². The molecular formula is C11H21NO2. The fourth-order valence-electron chi connectivity index (χ4n) is 1.57. The van der Waals surface area contributed by atoms with E-state index in [-0.39, 0.29) is 12.6 Å². The van der Waals surface area contributed by atoms with Crippen LogP contribution < -0.4 is 5.32 Å². The van der Waals surface area contributed by atoms with Gasteiger partial charge in [-0.2, -0.15) is 0 Å². The monoisotopic (exact) mass is 199 g/mol. The third-order valence-corrected chi connectivity index (χ3v) is 2.93. The zero-order valence-electron chi connectivity index (χ0n) is 8.74. The van der Waals surface area contributed by atoms with Gasteiger partial charge in [-0.25, -0.2) is 0 Å². The number of aliphatic hydroxyl groups excluding tert-OH is 1. The second-order valence-corrected chi connectivity index (χ2v) is 4.63. The van der Waals surface area contributed by atoms with E-state index >= 15 is 0 Å². The smallest absolute Gasteiger partial charge is 0.0585 e. The predicted molar refractivity (Wildman–Crippen MR) is 55.2 cm³/mol. The number of aliphatic hydroxyl groups is 1. The Labute approximate surface area is 85.8 Å². The summed E-state index contributed by atoms with van der Waals surface area (Å²) in [6.07, 6.45) is 6.20. The molecule has 0 aliphatic heterocycles. The van der Waals surface area contributed by atoms with E-state index in [1.807, 2.05) is 0 Å². The molecule has 0 aromatic carbocycles. The summed E-state index contributed by atoms with van der Waals surface area (Å²) in [7, 11) is 0. The molecule has 0 bridgehead atoms. The highest BCUT2D eigenvalue weighted by molar-refractivity contribution is 4.84. The van der Waals surface area contributed by atoms with Gasteiger partial charge in [0.2, 0.25) is 0 Å². The van der Waals surface area contributed by atoms with Gasteiger partial charge in [-0.05, 0) is 38.0 Å². The Morgan fingerprint density at radius 1 is 1.29 bits per heavy atom. The number of hydrogen-bond donors (Lipinski definition) is 2. The first kappa shape index (κ1) is 10.4. The first-order valence-corrected chi connectivity index (χ1v) is 5.83. The molecule has 0 spiro atoms. The zero-order valence-corrected chi connectivity index (χ0v) is 8.74. The van der Waals surface area contributed by atoms with Crippen LogP contribution in [0.5, 0.6) is 0 Å². The van der Waals surface area contributed by atoms with Gasteiger partial charge in [0.15, 0.2) is 0 Å². The maximum Gasteiger partial charge on any atom is 0.0585 e. The first-order chi connectivity index (χ1) is 6.88. The molecule has 2 rings (SSSR count). The van der Waals surface area contributed by atoms with Gasteiger partial charge in [0.1, 0.15) is 0 Å². The third-order valence-electron chi connectivity index (χ3n) is 2.93. The molecule has 2 aliphatic carbocycles. The van der Waals surface area contributed by atoms with Gasteiger partial charge in [-0.1, -0.05) is 0 Å². The van der Waals surface area contributed by atoms with Crippen LogP contribution in [0.4, 0.5) is 0 Å². The minimum Gasteiger partial charge on any atom is -0.395 e. The molecule has 1 atom stereocenters. The van der Waals surface area contributed by atoms with Crippen LogP contribution in [0.25, 0.3) is 0 Å². The van der Waals surface area contributed by atoms with Crippen molar-refractivity contribution in [1.82, 2.24) is 5.32 Å². The lowest BCUT2D eigenvalue weighted by atomic mass is 10.2. The Morgan fingerprint density at radius 3 is 2.64 bits per heavy atom. The van der Waals surface area contributed by atoms with Crippen LogP contribution in [-0.4, -0.2) is 37.0 Å². The van der Waals surface area contributed by atoms with Crippen molar-refractivity contribution in [3.63, 3.8) is 0 Å². The highest BCUT2D eigenvalue weighted by atomic mass is 16.5. The Hall–Kier alpha value is -0.120. The van der Waals surface area contributed by atoms with Gasteiger partial charge in [0.05, 0.1) is 6.61 Å². The summed E-state index contributed by atoms with van der Waals surface area (Å²) < 4.78 is 5.54. The van der Waals surface area contributed by atoms with Crippen molar-refractivity contribution in [3.05, 3.63) is 0 Å². The largest absolute Gasteiger partial charge is 0.395 e. The molecule has 2 fully saturated rings. The SMILES string of the molecule is OCC(CCOCC1CC1)NC1CC1. The molecule has 0 aromatic heterocycles. The molecule has 0 heterocycles. The van der Waals surface area contributed by atoms with Crippen molar-refractivity contribution >= 4 is 0 Å². The van der Waals surface area contributed by atoms with E-state index in [0.717, 1.165) is 25.6 Å². The second kappa shape index (κ2) is 5.10. The van der Waals surface area contributed by atoms with Crippen LogP contribution in [0.3, 0.4) is 0 Å². The molecule has 2 saturated carbocycles. The zero-order chi connectivity index (χ0) is 9.80. The molecular weight excluding hydrogens is 178 g/mol. The Balaban J connectivity index is 1.47. The summed E-state index contributed by atoms with van der Waals surface area (Å²) in [5.74, 6) is 0.846. The molecule has 1 unspecified atom stereocenters. The minimum atomic E-state index is 0.239. The van der Waals surface area contributed by atoms with E-state index in [4.69, 9.17) is 9.84 Å². The number of hydrogen-bond acceptors (Lipinski definition) is 3. The maximum atomic E-state index is 9.11. The number of nitrogens with one attached hydrogen (secondary N) is 1. The summed E-state index contributed by atoms with van der Waals surface area (Å²) in [5.41, 5.74) is 0. The Morgan fingerprint density at radius 2 is 2.07 bits per heavy atom. The van der Waals surface area contributed by atoms with E-state index in [0.29, 0.717) is 6.04 Å². The van der Waals surface area contributed by atoms with Gasteiger partial charge in [-0.3, -0.25) is 0 Å². The van der Waals surface area contributed by atoms with Crippen LogP contribution in [0.2, 0.25) is 0 Å². The highest BCUT2D eigenvalue weighted by Crippen LogP contribution is 2.28. The quantitative estimate of drug-likeness (QED) is 0.571. The van der Waals surface area contributed by atoms with Crippen molar-refractivity contribution in [2.45, 2.75) is 44.2 Å². The van der Waals surface area contributed by atoms with Gasteiger partial charge < -0.3 is 15.2 Å². The molecule has 14 heavy (non-hydrogen) atoms. The average Bonchev–Trinajstić information content (AvgIpc) is 3.03. The average molecular weight is 199 g/mol. The molecule has 0 radical (unpaired) electrons. The Bertz CT molecular complexity index is 167. The van der Waals surface area contributed by atoms with Gasteiger partial charge in [0, 0.05) is 25.3 Å². The minimum absolute atomic E-state index is 0.239. The van der Waals surface area contributed by atoms with Crippen molar-refractivity contribution in [1.29, 1.82) is 0 Å². The van der Waals surface area contributed by atoms with Gasteiger partial charge in [0.25, 0.3) is 0 Å². The topological polar surface area (TPSA) is 41.5 Å². The molecule has 0 amide bonds. The van der Waals surface area contributed by atoms with Gasteiger partial charge in [-0.15, -0.1) is 0 Å². The molecule has 3 heteroatoms. The number of ether oxygens (including phenoxy) is 1. The first-order valence-electron chi connectivity index (χ1n) is 5.83. The van der Waals surface area contributed by atoms with Crippen molar-refractivity contribution in [3.8, 4) is 0 Å². The molecule has 0 aromatic rings. The van der Waals surface area contributed by atoms with Crippen LogP contribution in [-0.2, 0) is 4.74 Å². The maximum absolute atomic E-state index is 9.11. The van der Waals surface area contributed by atoms with Crippen molar-refractivity contribution in [2.24, 2.45) is 5.92 Å². The summed E-state index contributed by atoms with van der Waals surface area (Å²) in [6, 6.07) is 0.928. The second-order valence-electron chi connectivity index (χ2n) is 4.63. The lowest BCUT2D eigenvalue weighted by Gasteiger charge is -2.15. The van der Waals surface area contributed by atoms with Crippen molar-refractivity contribution < 1.29 is 9.84 Å². The summed E-state index contributed by atoms with van der Waals surface area (Å²) in [4.78, 5) is 0. The highest BCUT2D eigenvalue weighted by Gasteiger charge is 2.24. The molecule has 2 aliphatic rings. The molecule has 3 nitrogen and oxygen atoms in total. The lowest BCUT2D eigenvalue weighted by molar-refractivity contribution is 0.105. The van der Waals surface area contributed by atoms with Gasteiger partial charge >= 0.3 is 0 Å². The standard InChI is InChI=1S/C11H21NO2/c13-7-11(12-10-3-4-10)5-6-14-8-9-1-2-9/h9-13H,1-8H2. The summed E-state index contributed by atoms with van der Waals surface area (Å²) >= 11 is 0.